The molecular formula is C12H20N4O2. The number of carbonyl (C=O) groups excluding carboxylic acids is 1. The Morgan fingerprint density at radius 3 is 2.89 bits per heavy atom. The van der Waals surface area contributed by atoms with E-state index in [0.717, 1.165) is 13.0 Å². The van der Waals surface area contributed by atoms with Gasteiger partial charge in [0.05, 0.1) is 6.61 Å². The Morgan fingerprint density at radius 2 is 2.22 bits per heavy atom. The van der Waals surface area contributed by atoms with Gasteiger partial charge in [0.15, 0.2) is 0 Å². The highest BCUT2D eigenvalue weighted by Gasteiger charge is 2.11. The molecule has 2 N–H and O–H groups in total. The first-order valence-electron chi connectivity index (χ1n) is 6.41. The van der Waals surface area contributed by atoms with Crippen LogP contribution < -0.4 is 5.73 Å². The van der Waals surface area contributed by atoms with Gasteiger partial charge in [0, 0.05) is 12.7 Å². The van der Waals surface area contributed by atoms with E-state index in [4.69, 9.17) is 10.5 Å². The van der Waals surface area contributed by atoms with E-state index in [0.29, 0.717) is 12.4 Å². The maximum atomic E-state index is 11.5. The van der Waals surface area contributed by atoms with Crippen LogP contribution in [0.3, 0.4) is 0 Å². The zero-order valence-electron chi connectivity index (χ0n) is 10.5. The van der Waals surface area contributed by atoms with Crippen molar-refractivity contribution in [1.29, 1.82) is 0 Å². The maximum absolute atomic E-state index is 11.5. The predicted octanol–water partition coefficient (Wildman–Crippen LogP) is 0.494. The van der Waals surface area contributed by atoms with Gasteiger partial charge in [-0.25, -0.2) is 0 Å². The van der Waals surface area contributed by atoms with Gasteiger partial charge in [-0.15, -0.1) is 0 Å². The van der Waals surface area contributed by atoms with Crippen molar-refractivity contribution in [2.45, 2.75) is 25.8 Å². The van der Waals surface area contributed by atoms with Crippen molar-refractivity contribution in [3.05, 3.63) is 12.3 Å². The van der Waals surface area contributed by atoms with E-state index in [9.17, 15) is 4.79 Å². The SMILES string of the molecule is Nc1ccn(CC(=O)OCCCN2CCCC2)n1. The molecule has 1 fully saturated rings. The minimum Gasteiger partial charge on any atom is -0.464 e. The number of nitrogens with zero attached hydrogens (tertiary/aromatic N) is 3. The van der Waals surface area contributed by atoms with Crippen molar-refractivity contribution in [3.8, 4) is 0 Å². The highest BCUT2D eigenvalue weighted by atomic mass is 16.5. The van der Waals surface area contributed by atoms with Crippen molar-refractivity contribution < 1.29 is 9.53 Å². The zero-order valence-corrected chi connectivity index (χ0v) is 10.5. The van der Waals surface area contributed by atoms with Gasteiger partial charge in [0.2, 0.25) is 0 Å². The van der Waals surface area contributed by atoms with Crippen LogP contribution in [0.4, 0.5) is 5.82 Å². The molecule has 0 amide bonds. The van der Waals surface area contributed by atoms with Crippen molar-refractivity contribution in [1.82, 2.24) is 14.7 Å². The summed E-state index contributed by atoms with van der Waals surface area (Å²) in [5, 5.41) is 3.93. The number of likely N-dealkylation sites (tertiary alicyclic amines) is 1. The number of nitrogen functional groups attached to an aromatic ring is 1. The first-order valence-corrected chi connectivity index (χ1v) is 6.41. The van der Waals surface area contributed by atoms with Crippen LogP contribution in [-0.4, -0.2) is 46.9 Å². The largest absolute Gasteiger partial charge is 0.464 e. The van der Waals surface area contributed by atoms with Crippen LogP contribution in [0.5, 0.6) is 0 Å². The number of anilines is 1. The Bertz CT molecular complexity index is 385. The molecule has 0 saturated carbocycles. The molecule has 1 aromatic rings. The Morgan fingerprint density at radius 1 is 1.44 bits per heavy atom. The second-order valence-electron chi connectivity index (χ2n) is 4.56. The summed E-state index contributed by atoms with van der Waals surface area (Å²) in [6, 6.07) is 1.65. The van der Waals surface area contributed by atoms with Crippen LogP contribution in [0.15, 0.2) is 12.3 Å². The fraction of sp³-hybridized carbons (Fsp3) is 0.667. The van der Waals surface area contributed by atoms with Crippen molar-refractivity contribution >= 4 is 11.8 Å². The van der Waals surface area contributed by atoms with Gasteiger partial charge in [-0.1, -0.05) is 0 Å². The molecule has 1 aliphatic heterocycles. The molecule has 2 rings (SSSR count). The topological polar surface area (TPSA) is 73.4 Å². The molecule has 6 nitrogen and oxygen atoms in total. The Balaban J connectivity index is 1.57. The number of esters is 1. The zero-order chi connectivity index (χ0) is 12.8. The van der Waals surface area contributed by atoms with Gasteiger partial charge < -0.3 is 15.4 Å². The van der Waals surface area contributed by atoms with Gasteiger partial charge in [-0.2, -0.15) is 5.10 Å². The molecule has 2 heterocycles. The van der Waals surface area contributed by atoms with Crippen LogP contribution in [-0.2, 0) is 16.1 Å². The number of carbonyl (C=O) groups is 1. The lowest BCUT2D eigenvalue weighted by Crippen LogP contribution is -2.22. The van der Waals surface area contributed by atoms with Crippen LogP contribution in [0.1, 0.15) is 19.3 Å². The predicted molar refractivity (Wildman–Crippen MR) is 67.9 cm³/mol. The van der Waals surface area contributed by atoms with Crippen LogP contribution in [0, 0.1) is 0 Å². The molecule has 0 aliphatic carbocycles. The summed E-state index contributed by atoms with van der Waals surface area (Å²) in [7, 11) is 0. The number of aromatic nitrogens is 2. The van der Waals surface area contributed by atoms with Crippen LogP contribution in [0.2, 0.25) is 0 Å². The average molecular weight is 252 g/mol. The minimum absolute atomic E-state index is 0.126. The monoisotopic (exact) mass is 252 g/mol. The Hall–Kier alpha value is -1.56. The summed E-state index contributed by atoms with van der Waals surface area (Å²) >= 11 is 0. The van der Waals surface area contributed by atoms with E-state index < -0.39 is 0 Å². The third-order valence-electron chi connectivity index (χ3n) is 3.03. The molecule has 0 aromatic carbocycles. The van der Waals surface area contributed by atoms with Crippen molar-refractivity contribution in [2.24, 2.45) is 0 Å². The molecule has 0 bridgehead atoms. The molecule has 6 heteroatoms. The molecule has 100 valence electrons. The smallest absolute Gasteiger partial charge is 0.327 e. The second-order valence-corrected chi connectivity index (χ2v) is 4.56. The van der Waals surface area contributed by atoms with Gasteiger partial charge in [-0.05, 0) is 38.4 Å². The summed E-state index contributed by atoms with van der Waals surface area (Å²) in [6.45, 7) is 3.98. The quantitative estimate of drug-likeness (QED) is 0.589. The number of hydrogen-bond donors (Lipinski definition) is 1. The summed E-state index contributed by atoms with van der Waals surface area (Å²) < 4.78 is 6.63. The van der Waals surface area contributed by atoms with Gasteiger partial charge in [-0.3, -0.25) is 9.48 Å². The first-order chi connectivity index (χ1) is 8.74. The number of nitrogens with two attached hydrogens (primary N) is 1. The Kier molecular flexibility index (Phi) is 4.58. The molecule has 1 aromatic heterocycles. The van der Waals surface area contributed by atoms with Crippen LogP contribution in [0.25, 0.3) is 0 Å². The normalized spacial score (nSPS) is 16.0. The third-order valence-corrected chi connectivity index (χ3v) is 3.03. The van der Waals surface area contributed by atoms with E-state index in [2.05, 4.69) is 10.00 Å². The maximum Gasteiger partial charge on any atom is 0.327 e. The van der Waals surface area contributed by atoms with Crippen molar-refractivity contribution in [3.63, 3.8) is 0 Å². The molecule has 18 heavy (non-hydrogen) atoms. The van der Waals surface area contributed by atoms with Crippen LogP contribution >= 0.6 is 0 Å². The summed E-state index contributed by atoms with van der Waals surface area (Å²) in [4.78, 5) is 13.9. The summed E-state index contributed by atoms with van der Waals surface area (Å²) in [5.41, 5.74) is 5.46. The highest BCUT2D eigenvalue weighted by molar-refractivity contribution is 5.69. The second kappa shape index (κ2) is 6.39. The molecule has 0 radical (unpaired) electrons. The van der Waals surface area contributed by atoms with Crippen molar-refractivity contribution in [2.75, 3.05) is 32.0 Å². The molecular weight excluding hydrogens is 232 g/mol. The average Bonchev–Trinajstić information content (AvgIpc) is 2.96. The number of ether oxygens (including phenoxy) is 1. The third kappa shape index (κ3) is 4.03. The standard InChI is InChI=1S/C12H20N4O2/c13-11-4-8-16(14-11)10-12(17)18-9-3-7-15-5-1-2-6-15/h4,8H,1-3,5-7,9-10H2,(H2,13,14). The van der Waals surface area contributed by atoms with E-state index >= 15 is 0 Å². The lowest BCUT2D eigenvalue weighted by molar-refractivity contribution is -0.144. The van der Waals surface area contributed by atoms with E-state index in [1.54, 1.807) is 12.3 Å². The van der Waals surface area contributed by atoms with E-state index in [1.165, 1.54) is 30.6 Å². The molecule has 1 saturated heterocycles. The summed E-state index contributed by atoms with van der Waals surface area (Å²) in [5.74, 6) is 0.149. The van der Waals surface area contributed by atoms with Gasteiger partial charge in [0.1, 0.15) is 12.4 Å². The first kappa shape index (κ1) is 12.9. The molecule has 0 atom stereocenters. The van der Waals surface area contributed by atoms with Gasteiger partial charge >= 0.3 is 5.97 Å². The molecule has 1 aliphatic rings. The van der Waals surface area contributed by atoms with E-state index in [-0.39, 0.29) is 12.5 Å². The highest BCUT2D eigenvalue weighted by Crippen LogP contribution is 2.07. The fourth-order valence-corrected chi connectivity index (χ4v) is 2.12. The summed E-state index contributed by atoms with van der Waals surface area (Å²) in [6.07, 6.45) is 5.15. The number of hydrogen-bond acceptors (Lipinski definition) is 5. The lowest BCUT2D eigenvalue weighted by Gasteiger charge is -2.13. The van der Waals surface area contributed by atoms with Gasteiger partial charge in [0.25, 0.3) is 0 Å². The fourth-order valence-electron chi connectivity index (χ4n) is 2.12. The Labute approximate surface area is 107 Å². The van der Waals surface area contributed by atoms with E-state index in [1.807, 2.05) is 0 Å². The lowest BCUT2D eigenvalue weighted by atomic mass is 10.4. The number of rotatable bonds is 6. The molecule has 0 unspecified atom stereocenters. The molecule has 0 spiro atoms. The minimum atomic E-state index is -0.264.